The second kappa shape index (κ2) is 9.03. The molecule has 166 valence electrons. The quantitative estimate of drug-likeness (QED) is 0.668. The zero-order chi connectivity index (χ0) is 21.9. The van der Waals surface area contributed by atoms with E-state index in [9.17, 15) is 5.11 Å². The largest absolute Gasteiger partial charge is 0.508 e. The van der Waals surface area contributed by atoms with Crippen molar-refractivity contribution in [2.45, 2.75) is 6.92 Å². The number of benzene rings is 3. The van der Waals surface area contributed by atoms with E-state index in [0.29, 0.717) is 5.75 Å². The summed E-state index contributed by atoms with van der Waals surface area (Å²) in [5.41, 5.74) is 5.84. The van der Waals surface area contributed by atoms with Crippen molar-refractivity contribution < 1.29 is 5.11 Å². The second-order valence-corrected chi connectivity index (χ2v) is 8.73. The summed E-state index contributed by atoms with van der Waals surface area (Å²) in [6.45, 7) is 9.82. The lowest BCUT2D eigenvalue weighted by atomic mass is 10.1. The molecule has 0 radical (unpaired) electrons. The first kappa shape index (κ1) is 20.6. The maximum Gasteiger partial charge on any atom is 0.122 e. The molecule has 0 bridgehead atoms. The smallest absolute Gasteiger partial charge is 0.122 e. The molecule has 5 nitrogen and oxygen atoms in total. The molecule has 0 unspecified atom stereocenters. The number of phenolic OH excluding ortho intramolecular Hbond substituents is 1. The highest BCUT2D eigenvalue weighted by molar-refractivity contribution is 5.69. The minimum Gasteiger partial charge on any atom is -0.508 e. The zero-order valence-corrected chi connectivity index (χ0v) is 18.8. The molecule has 2 aliphatic heterocycles. The van der Waals surface area contributed by atoms with E-state index in [0.717, 1.165) is 63.6 Å². The van der Waals surface area contributed by atoms with Crippen LogP contribution in [0.1, 0.15) is 5.56 Å². The Balaban J connectivity index is 1.28. The number of rotatable bonds is 4. The lowest BCUT2D eigenvalue weighted by molar-refractivity contribution is 0.470. The molecule has 2 saturated heterocycles. The SMILES string of the molecule is Cc1c(O)cc(N2CCN(c3ccccc3)CC2)cc1N1CCN(c2ccccc2)CC1. The number of aromatic hydroxyl groups is 1. The first-order valence-electron chi connectivity index (χ1n) is 11.6. The molecule has 0 amide bonds. The maximum atomic E-state index is 10.7. The van der Waals surface area contributed by atoms with Gasteiger partial charge in [0.15, 0.2) is 0 Å². The molecule has 2 heterocycles. The van der Waals surface area contributed by atoms with Crippen molar-refractivity contribution in [3.63, 3.8) is 0 Å². The van der Waals surface area contributed by atoms with Gasteiger partial charge < -0.3 is 24.7 Å². The number of hydrogen-bond acceptors (Lipinski definition) is 5. The summed E-state index contributed by atoms with van der Waals surface area (Å²) >= 11 is 0. The minimum absolute atomic E-state index is 0.397. The molecular formula is C27H32N4O. The Hall–Kier alpha value is -3.34. The third-order valence-electron chi connectivity index (χ3n) is 6.85. The zero-order valence-electron chi connectivity index (χ0n) is 18.8. The minimum atomic E-state index is 0.397. The van der Waals surface area contributed by atoms with Gasteiger partial charge in [0, 0.05) is 86.7 Å². The van der Waals surface area contributed by atoms with E-state index in [-0.39, 0.29) is 0 Å². The van der Waals surface area contributed by atoms with Gasteiger partial charge in [0.2, 0.25) is 0 Å². The van der Waals surface area contributed by atoms with Gasteiger partial charge in [0.25, 0.3) is 0 Å². The van der Waals surface area contributed by atoms with Crippen LogP contribution < -0.4 is 19.6 Å². The molecule has 5 rings (SSSR count). The third kappa shape index (κ3) is 4.20. The van der Waals surface area contributed by atoms with E-state index in [2.05, 4.69) is 86.3 Å². The number of anilines is 4. The number of hydrogen-bond donors (Lipinski definition) is 1. The maximum absolute atomic E-state index is 10.7. The van der Waals surface area contributed by atoms with Crippen molar-refractivity contribution in [2.75, 3.05) is 72.0 Å². The molecule has 0 aromatic heterocycles. The van der Waals surface area contributed by atoms with E-state index in [1.807, 2.05) is 13.0 Å². The summed E-state index contributed by atoms with van der Waals surface area (Å²) in [7, 11) is 0. The Morgan fingerprint density at radius 1 is 0.531 bits per heavy atom. The Bertz CT molecular complexity index is 1020. The molecule has 2 fully saturated rings. The Labute approximate surface area is 191 Å². The first-order valence-corrected chi connectivity index (χ1v) is 11.6. The Kier molecular flexibility index (Phi) is 5.80. The van der Waals surface area contributed by atoms with Gasteiger partial charge in [0.05, 0.1) is 0 Å². The van der Waals surface area contributed by atoms with E-state index in [4.69, 9.17) is 0 Å². The predicted molar refractivity (Wildman–Crippen MR) is 135 cm³/mol. The third-order valence-corrected chi connectivity index (χ3v) is 6.85. The molecule has 3 aromatic rings. The highest BCUT2D eigenvalue weighted by atomic mass is 16.3. The summed E-state index contributed by atoms with van der Waals surface area (Å²) in [5, 5.41) is 10.7. The Morgan fingerprint density at radius 2 is 0.938 bits per heavy atom. The van der Waals surface area contributed by atoms with Crippen molar-refractivity contribution in [3.05, 3.63) is 78.4 Å². The van der Waals surface area contributed by atoms with E-state index in [1.54, 1.807) is 0 Å². The van der Waals surface area contributed by atoms with Gasteiger partial charge in [-0.3, -0.25) is 0 Å². The standard InChI is InChI=1S/C27H32N4O/c1-22-26(31-18-16-29(17-19-31)24-10-6-3-7-11-24)20-25(21-27(22)32)30-14-12-28(13-15-30)23-8-4-2-5-9-23/h2-11,20-21,32H,12-19H2,1H3. The van der Waals surface area contributed by atoms with Crippen LogP contribution in [-0.2, 0) is 0 Å². The summed E-state index contributed by atoms with van der Waals surface area (Å²) < 4.78 is 0. The fraction of sp³-hybridized carbons (Fsp3) is 0.333. The van der Waals surface area contributed by atoms with Crippen molar-refractivity contribution in [2.24, 2.45) is 0 Å². The fourth-order valence-corrected chi connectivity index (χ4v) is 4.89. The summed E-state index contributed by atoms with van der Waals surface area (Å²) in [4.78, 5) is 9.72. The molecule has 0 atom stereocenters. The van der Waals surface area contributed by atoms with Crippen LogP contribution in [0.25, 0.3) is 0 Å². The molecular weight excluding hydrogens is 396 g/mol. The number of phenols is 1. The van der Waals surface area contributed by atoms with E-state index >= 15 is 0 Å². The van der Waals surface area contributed by atoms with Gasteiger partial charge in [-0.05, 0) is 37.3 Å². The van der Waals surface area contributed by atoms with Crippen LogP contribution in [0.5, 0.6) is 5.75 Å². The van der Waals surface area contributed by atoms with Crippen LogP contribution in [0.3, 0.4) is 0 Å². The van der Waals surface area contributed by atoms with Crippen LogP contribution in [0.2, 0.25) is 0 Å². The first-order chi connectivity index (χ1) is 15.7. The molecule has 5 heteroatoms. The summed E-state index contributed by atoms with van der Waals surface area (Å²) in [6, 6.07) is 25.5. The average molecular weight is 429 g/mol. The fourth-order valence-electron chi connectivity index (χ4n) is 4.89. The highest BCUT2D eigenvalue weighted by Crippen LogP contribution is 2.35. The van der Waals surface area contributed by atoms with Crippen LogP contribution >= 0.6 is 0 Å². The molecule has 2 aliphatic rings. The van der Waals surface area contributed by atoms with Gasteiger partial charge in [-0.2, -0.15) is 0 Å². The molecule has 0 spiro atoms. The lowest BCUT2D eigenvalue weighted by Gasteiger charge is -2.40. The Morgan fingerprint density at radius 3 is 1.41 bits per heavy atom. The second-order valence-electron chi connectivity index (χ2n) is 8.73. The van der Waals surface area contributed by atoms with Crippen LogP contribution in [0.15, 0.2) is 72.8 Å². The van der Waals surface area contributed by atoms with E-state index in [1.165, 1.54) is 17.1 Å². The molecule has 1 N–H and O–H groups in total. The van der Waals surface area contributed by atoms with Gasteiger partial charge in [-0.25, -0.2) is 0 Å². The lowest BCUT2D eigenvalue weighted by Crippen LogP contribution is -2.47. The van der Waals surface area contributed by atoms with Crippen LogP contribution in [0.4, 0.5) is 22.7 Å². The van der Waals surface area contributed by atoms with E-state index < -0.39 is 0 Å². The van der Waals surface area contributed by atoms with Crippen molar-refractivity contribution in [1.82, 2.24) is 0 Å². The summed E-state index contributed by atoms with van der Waals surface area (Å²) in [5.74, 6) is 0.397. The molecule has 0 saturated carbocycles. The molecule has 3 aromatic carbocycles. The van der Waals surface area contributed by atoms with Crippen molar-refractivity contribution >= 4 is 22.7 Å². The van der Waals surface area contributed by atoms with Crippen LogP contribution in [0, 0.1) is 6.92 Å². The summed E-state index contributed by atoms with van der Waals surface area (Å²) in [6.07, 6.45) is 0. The van der Waals surface area contributed by atoms with Gasteiger partial charge >= 0.3 is 0 Å². The monoisotopic (exact) mass is 428 g/mol. The van der Waals surface area contributed by atoms with Crippen molar-refractivity contribution in [3.8, 4) is 5.75 Å². The normalized spacial score (nSPS) is 17.0. The van der Waals surface area contributed by atoms with Crippen molar-refractivity contribution in [1.29, 1.82) is 0 Å². The molecule has 32 heavy (non-hydrogen) atoms. The number of piperazine rings is 2. The number of para-hydroxylation sites is 2. The van der Waals surface area contributed by atoms with Gasteiger partial charge in [-0.15, -0.1) is 0 Å². The van der Waals surface area contributed by atoms with Gasteiger partial charge in [-0.1, -0.05) is 36.4 Å². The molecule has 0 aliphatic carbocycles. The van der Waals surface area contributed by atoms with Crippen LogP contribution in [-0.4, -0.2) is 57.5 Å². The highest BCUT2D eigenvalue weighted by Gasteiger charge is 2.23. The predicted octanol–water partition coefficient (Wildman–Crippen LogP) is 4.35. The topological polar surface area (TPSA) is 33.2 Å². The number of nitrogens with zero attached hydrogens (tertiary/aromatic N) is 4. The average Bonchev–Trinajstić information content (AvgIpc) is 2.87. The van der Waals surface area contributed by atoms with Gasteiger partial charge in [0.1, 0.15) is 5.75 Å².